The van der Waals surface area contributed by atoms with Gasteiger partial charge in [0.1, 0.15) is 5.82 Å². The van der Waals surface area contributed by atoms with Crippen molar-refractivity contribution < 1.29 is 4.79 Å². The molecule has 2 amide bonds. The summed E-state index contributed by atoms with van der Waals surface area (Å²) >= 11 is 3.38. The minimum atomic E-state index is -0.290. The molecule has 7 nitrogen and oxygen atoms in total. The normalized spacial score (nSPS) is 10.7. The first kappa shape index (κ1) is 22.5. The summed E-state index contributed by atoms with van der Waals surface area (Å²) in [6.45, 7) is 2.65. The van der Waals surface area contributed by atoms with Crippen molar-refractivity contribution in [3.63, 3.8) is 0 Å². The van der Waals surface area contributed by atoms with Crippen LogP contribution in [0, 0.1) is 6.92 Å². The number of carbonyl (C=O) groups is 1. The van der Waals surface area contributed by atoms with Crippen LogP contribution in [-0.2, 0) is 6.54 Å². The molecule has 0 saturated carbocycles. The number of aryl methyl sites for hydroxylation is 1. The molecule has 0 saturated heterocycles. The van der Waals surface area contributed by atoms with Crippen LogP contribution < -0.4 is 20.9 Å². The maximum absolute atomic E-state index is 12.2. The van der Waals surface area contributed by atoms with Gasteiger partial charge in [-0.05, 0) is 66.6 Å². The summed E-state index contributed by atoms with van der Waals surface area (Å²) in [6.07, 6.45) is 0. The lowest BCUT2D eigenvalue weighted by atomic mass is 10.1. The molecule has 0 aliphatic rings. The van der Waals surface area contributed by atoms with E-state index in [1.54, 1.807) is 0 Å². The smallest absolute Gasteiger partial charge is 0.323 e. The van der Waals surface area contributed by atoms with Gasteiger partial charge in [0.25, 0.3) is 0 Å². The first-order chi connectivity index (χ1) is 15.9. The van der Waals surface area contributed by atoms with E-state index in [9.17, 15) is 4.79 Å². The molecule has 0 spiro atoms. The lowest BCUT2D eigenvalue weighted by Crippen LogP contribution is -2.19. The molecule has 4 rings (SSSR count). The molecule has 8 heteroatoms. The van der Waals surface area contributed by atoms with E-state index in [1.807, 2.05) is 73.6 Å². The van der Waals surface area contributed by atoms with Gasteiger partial charge in [-0.1, -0.05) is 34.1 Å². The molecule has 4 aromatic rings. The molecule has 0 aliphatic carbocycles. The molecule has 168 valence electrons. The van der Waals surface area contributed by atoms with Gasteiger partial charge in [-0.2, -0.15) is 4.98 Å². The Morgan fingerprint density at radius 1 is 0.909 bits per heavy atom. The Bertz CT molecular complexity index is 1270. The third-order valence-electron chi connectivity index (χ3n) is 5.01. The minimum absolute atomic E-state index is 0.290. The van der Waals surface area contributed by atoms with Crippen LogP contribution in [0.2, 0.25) is 0 Å². The van der Waals surface area contributed by atoms with Crippen LogP contribution in [0.3, 0.4) is 0 Å². The number of anilines is 4. The number of nitrogens with zero attached hydrogens (tertiary/aromatic N) is 3. The van der Waals surface area contributed by atoms with E-state index in [2.05, 4.69) is 60.9 Å². The Morgan fingerprint density at radius 2 is 1.55 bits per heavy atom. The topological polar surface area (TPSA) is 82.2 Å². The van der Waals surface area contributed by atoms with E-state index in [-0.39, 0.29) is 6.03 Å². The van der Waals surface area contributed by atoms with E-state index in [1.165, 1.54) is 0 Å². The first-order valence-corrected chi connectivity index (χ1v) is 11.3. The fourth-order valence-electron chi connectivity index (χ4n) is 3.28. The van der Waals surface area contributed by atoms with Crippen LogP contribution in [0.4, 0.5) is 27.9 Å². The molecule has 0 fully saturated rings. The Balaban J connectivity index is 1.42. The SMILES string of the molecule is Cc1ccc2c(NCc3ccc(NC(=O)Nc4ccc(Br)cc4)cc3)nc(N(C)C)nc2c1. The molecule has 1 heterocycles. The quantitative estimate of drug-likeness (QED) is 0.299. The molecule has 0 aliphatic heterocycles. The molecule has 3 aromatic carbocycles. The standard InChI is InChI=1S/C25H25BrN6O/c1-16-4-13-21-22(14-16)30-24(32(2)3)31-23(21)27-15-17-5-9-19(10-6-17)28-25(33)29-20-11-7-18(26)8-12-20/h4-14H,15H2,1-3H3,(H,27,30,31)(H2,28,29,33). The van der Waals surface area contributed by atoms with Gasteiger partial charge in [0, 0.05) is 41.9 Å². The highest BCUT2D eigenvalue weighted by atomic mass is 79.9. The zero-order valence-corrected chi connectivity index (χ0v) is 20.3. The largest absolute Gasteiger partial charge is 0.365 e. The van der Waals surface area contributed by atoms with Gasteiger partial charge in [-0.25, -0.2) is 9.78 Å². The number of amides is 2. The highest BCUT2D eigenvalue weighted by Gasteiger charge is 2.10. The number of aromatic nitrogens is 2. The maximum Gasteiger partial charge on any atom is 0.323 e. The molecule has 0 unspecified atom stereocenters. The Kier molecular flexibility index (Phi) is 6.74. The maximum atomic E-state index is 12.2. The van der Waals surface area contributed by atoms with Crippen LogP contribution in [-0.4, -0.2) is 30.1 Å². The number of hydrogen-bond acceptors (Lipinski definition) is 5. The predicted molar refractivity (Wildman–Crippen MR) is 139 cm³/mol. The minimum Gasteiger partial charge on any atom is -0.365 e. The van der Waals surface area contributed by atoms with Crippen molar-refractivity contribution in [1.29, 1.82) is 0 Å². The number of nitrogens with one attached hydrogen (secondary N) is 3. The number of rotatable bonds is 6. The van der Waals surface area contributed by atoms with Crippen molar-refractivity contribution in [3.05, 3.63) is 82.3 Å². The van der Waals surface area contributed by atoms with Crippen LogP contribution in [0.5, 0.6) is 0 Å². The molecule has 0 bridgehead atoms. The van der Waals surface area contributed by atoms with Crippen LogP contribution in [0.1, 0.15) is 11.1 Å². The number of fused-ring (bicyclic) bond motifs is 1. The first-order valence-electron chi connectivity index (χ1n) is 10.5. The molecule has 1 aromatic heterocycles. The zero-order chi connectivity index (χ0) is 23.4. The third kappa shape index (κ3) is 5.78. The van der Waals surface area contributed by atoms with Gasteiger partial charge >= 0.3 is 6.03 Å². The summed E-state index contributed by atoms with van der Waals surface area (Å²) in [6, 6.07) is 21.0. The Labute approximate surface area is 201 Å². The van der Waals surface area contributed by atoms with Gasteiger partial charge in [-0.15, -0.1) is 0 Å². The summed E-state index contributed by atoms with van der Waals surface area (Å²) < 4.78 is 0.959. The van der Waals surface area contributed by atoms with Gasteiger partial charge in [0.2, 0.25) is 5.95 Å². The van der Waals surface area contributed by atoms with Crippen molar-refractivity contribution in [2.75, 3.05) is 34.9 Å². The lowest BCUT2D eigenvalue weighted by Gasteiger charge is -2.15. The van der Waals surface area contributed by atoms with Crippen molar-refractivity contribution in [2.24, 2.45) is 0 Å². The van der Waals surface area contributed by atoms with Gasteiger partial charge in [0.15, 0.2) is 0 Å². The molecular formula is C25H25BrN6O. The zero-order valence-electron chi connectivity index (χ0n) is 18.7. The fraction of sp³-hybridized carbons (Fsp3) is 0.160. The van der Waals surface area contributed by atoms with E-state index >= 15 is 0 Å². The average Bonchev–Trinajstić information content (AvgIpc) is 2.79. The van der Waals surface area contributed by atoms with Gasteiger partial charge in [-0.3, -0.25) is 0 Å². The Morgan fingerprint density at radius 3 is 2.18 bits per heavy atom. The number of benzene rings is 3. The second-order valence-electron chi connectivity index (χ2n) is 7.92. The fourth-order valence-corrected chi connectivity index (χ4v) is 3.54. The van der Waals surface area contributed by atoms with Gasteiger partial charge < -0.3 is 20.9 Å². The van der Waals surface area contributed by atoms with E-state index in [4.69, 9.17) is 0 Å². The summed E-state index contributed by atoms with van der Waals surface area (Å²) in [7, 11) is 3.86. The molecular weight excluding hydrogens is 480 g/mol. The predicted octanol–water partition coefficient (Wildman–Crippen LogP) is 6.02. The van der Waals surface area contributed by atoms with Gasteiger partial charge in [0.05, 0.1) is 5.52 Å². The summed E-state index contributed by atoms with van der Waals surface area (Å²) in [4.78, 5) is 23.5. The number of carbonyl (C=O) groups excluding carboxylic acids is 1. The van der Waals surface area contributed by atoms with Crippen molar-refractivity contribution in [2.45, 2.75) is 13.5 Å². The van der Waals surface area contributed by atoms with E-state index < -0.39 is 0 Å². The highest BCUT2D eigenvalue weighted by Crippen LogP contribution is 2.24. The number of urea groups is 1. The molecule has 33 heavy (non-hydrogen) atoms. The molecule has 0 radical (unpaired) electrons. The van der Waals surface area contributed by atoms with Crippen LogP contribution >= 0.6 is 15.9 Å². The summed E-state index contributed by atoms with van der Waals surface area (Å²) in [5, 5.41) is 10.1. The van der Waals surface area contributed by atoms with E-state index in [0.717, 1.165) is 38.0 Å². The lowest BCUT2D eigenvalue weighted by molar-refractivity contribution is 0.262. The summed E-state index contributed by atoms with van der Waals surface area (Å²) in [5.74, 6) is 1.45. The van der Waals surface area contributed by atoms with Crippen molar-refractivity contribution in [1.82, 2.24) is 9.97 Å². The molecule has 3 N–H and O–H groups in total. The number of halogens is 1. The third-order valence-corrected chi connectivity index (χ3v) is 5.54. The van der Waals surface area contributed by atoms with Crippen molar-refractivity contribution in [3.8, 4) is 0 Å². The second-order valence-corrected chi connectivity index (χ2v) is 8.84. The highest BCUT2D eigenvalue weighted by molar-refractivity contribution is 9.10. The van der Waals surface area contributed by atoms with Crippen LogP contribution in [0.25, 0.3) is 10.9 Å². The summed E-state index contributed by atoms with van der Waals surface area (Å²) in [5.41, 5.74) is 4.57. The molecule has 0 atom stereocenters. The average molecular weight is 505 g/mol. The van der Waals surface area contributed by atoms with Crippen LogP contribution in [0.15, 0.2) is 71.2 Å². The van der Waals surface area contributed by atoms with E-state index in [0.29, 0.717) is 18.2 Å². The Hall–Kier alpha value is -3.65. The monoisotopic (exact) mass is 504 g/mol. The number of hydrogen-bond donors (Lipinski definition) is 3. The van der Waals surface area contributed by atoms with Crippen molar-refractivity contribution >= 4 is 56.0 Å². The second kappa shape index (κ2) is 9.87.